The first kappa shape index (κ1) is 11.6. The van der Waals surface area contributed by atoms with Gasteiger partial charge in [0.05, 0.1) is 22.3 Å². The van der Waals surface area contributed by atoms with E-state index in [0.717, 1.165) is 17.5 Å². The van der Waals surface area contributed by atoms with Crippen LogP contribution in [-0.4, -0.2) is 15.1 Å². The molecule has 0 spiro atoms. The first-order chi connectivity index (χ1) is 9.19. The number of nitrogens with two attached hydrogens (primary N) is 1. The van der Waals surface area contributed by atoms with Crippen LogP contribution in [0.25, 0.3) is 22.4 Å². The Balaban J connectivity index is 2.18. The molecule has 0 saturated heterocycles. The fraction of sp³-hybridized carbons (Fsp3) is 0.133. The highest BCUT2D eigenvalue weighted by atomic mass is 16.3. The number of aryl methyl sites for hydroxylation is 1. The Morgan fingerprint density at radius 2 is 2.11 bits per heavy atom. The fourth-order valence-corrected chi connectivity index (χ4v) is 2.16. The second-order valence-corrected chi connectivity index (χ2v) is 4.53. The number of aromatic nitrogens is 2. The van der Waals surface area contributed by atoms with Gasteiger partial charge in [0.25, 0.3) is 0 Å². The van der Waals surface area contributed by atoms with Crippen molar-refractivity contribution < 1.29 is 5.11 Å². The lowest BCUT2D eigenvalue weighted by Gasteiger charge is -2.03. The number of nitrogens with one attached hydrogen (secondary N) is 1. The zero-order valence-corrected chi connectivity index (χ0v) is 10.6. The summed E-state index contributed by atoms with van der Waals surface area (Å²) in [5.74, 6) is 0.699. The minimum atomic E-state index is 0.0669. The quantitative estimate of drug-likeness (QED) is 0.485. The van der Waals surface area contributed by atoms with Crippen molar-refractivity contribution in [2.75, 3.05) is 5.73 Å². The van der Waals surface area contributed by atoms with E-state index < -0.39 is 0 Å². The number of nitrogen functional groups attached to an aromatic ring is 1. The molecular weight excluding hydrogens is 238 g/mol. The molecule has 3 rings (SSSR count). The van der Waals surface area contributed by atoms with Crippen LogP contribution in [0, 0.1) is 0 Å². The highest BCUT2D eigenvalue weighted by Crippen LogP contribution is 2.33. The van der Waals surface area contributed by atoms with Crippen molar-refractivity contribution in [2.45, 2.75) is 13.3 Å². The van der Waals surface area contributed by atoms with Crippen molar-refractivity contribution in [3.05, 3.63) is 42.0 Å². The number of phenols is 1. The lowest BCUT2D eigenvalue weighted by molar-refractivity contribution is 0.479. The largest absolute Gasteiger partial charge is 0.505 e. The number of imidazole rings is 1. The average molecular weight is 253 g/mol. The molecule has 0 radical (unpaired) electrons. The first-order valence-electron chi connectivity index (χ1n) is 6.25. The van der Waals surface area contributed by atoms with Crippen molar-refractivity contribution >= 4 is 16.7 Å². The molecule has 0 atom stereocenters. The number of fused-ring (bicyclic) bond motifs is 1. The van der Waals surface area contributed by atoms with Gasteiger partial charge in [-0.3, -0.25) is 0 Å². The zero-order chi connectivity index (χ0) is 13.4. The van der Waals surface area contributed by atoms with Gasteiger partial charge in [0.1, 0.15) is 11.6 Å². The van der Waals surface area contributed by atoms with Crippen molar-refractivity contribution in [2.24, 2.45) is 0 Å². The Labute approximate surface area is 110 Å². The fourth-order valence-electron chi connectivity index (χ4n) is 2.16. The van der Waals surface area contributed by atoms with E-state index in [1.54, 1.807) is 18.2 Å². The molecule has 0 fully saturated rings. The van der Waals surface area contributed by atoms with Crippen LogP contribution in [0.15, 0.2) is 36.4 Å². The number of aromatic amines is 1. The normalized spacial score (nSPS) is 11.0. The maximum absolute atomic E-state index is 9.99. The second kappa shape index (κ2) is 4.31. The Bertz CT molecular complexity index is 746. The molecule has 0 aliphatic rings. The van der Waals surface area contributed by atoms with E-state index >= 15 is 0 Å². The van der Waals surface area contributed by atoms with Crippen molar-refractivity contribution in [1.82, 2.24) is 9.97 Å². The average Bonchev–Trinajstić information content (AvgIpc) is 2.84. The van der Waals surface area contributed by atoms with Gasteiger partial charge < -0.3 is 15.8 Å². The third kappa shape index (κ3) is 1.91. The minimum Gasteiger partial charge on any atom is -0.505 e. The van der Waals surface area contributed by atoms with Crippen LogP contribution < -0.4 is 5.73 Å². The highest BCUT2D eigenvalue weighted by Gasteiger charge is 2.11. The molecule has 3 aromatic rings. The van der Waals surface area contributed by atoms with Gasteiger partial charge in [-0.05, 0) is 36.2 Å². The number of hydrogen-bond acceptors (Lipinski definition) is 3. The lowest BCUT2D eigenvalue weighted by atomic mass is 10.1. The number of para-hydroxylation sites is 1. The summed E-state index contributed by atoms with van der Waals surface area (Å²) in [7, 11) is 0. The summed E-state index contributed by atoms with van der Waals surface area (Å²) in [6.07, 6.45) is 0.980. The molecule has 0 unspecified atom stereocenters. The molecule has 0 saturated carbocycles. The van der Waals surface area contributed by atoms with Crippen LogP contribution in [0.2, 0.25) is 0 Å². The van der Waals surface area contributed by atoms with Gasteiger partial charge in [0.15, 0.2) is 0 Å². The molecule has 0 aliphatic carbocycles. The maximum Gasteiger partial charge on any atom is 0.149 e. The van der Waals surface area contributed by atoms with Gasteiger partial charge >= 0.3 is 0 Å². The van der Waals surface area contributed by atoms with Gasteiger partial charge in [-0.2, -0.15) is 0 Å². The molecular formula is C15H15N3O. The van der Waals surface area contributed by atoms with Crippen LogP contribution >= 0.6 is 0 Å². The van der Waals surface area contributed by atoms with Gasteiger partial charge in [0.2, 0.25) is 0 Å². The molecule has 1 heterocycles. The number of phenolic OH excluding ortho intramolecular Hbond substituents is 1. The van der Waals surface area contributed by atoms with Crippen molar-refractivity contribution in [1.29, 1.82) is 0 Å². The molecule has 0 bridgehead atoms. The summed E-state index contributed by atoms with van der Waals surface area (Å²) >= 11 is 0. The molecule has 0 amide bonds. The van der Waals surface area contributed by atoms with Crippen LogP contribution in [0.3, 0.4) is 0 Å². The molecule has 19 heavy (non-hydrogen) atoms. The Morgan fingerprint density at radius 3 is 2.89 bits per heavy atom. The number of nitrogens with zero attached hydrogens (tertiary/aromatic N) is 1. The van der Waals surface area contributed by atoms with Crippen molar-refractivity contribution in [3.63, 3.8) is 0 Å². The van der Waals surface area contributed by atoms with E-state index in [-0.39, 0.29) is 5.75 Å². The predicted octanol–water partition coefficient (Wildman–Crippen LogP) is 3.08. The van der Waals surface area contributed by atoms with E-state index in [4.69, 9.17) is 5.73 Å². The first-order valence-corrected chi connectivity index (χ1v) is 6.25. The van der Waals surface area contributed by atoms with Crippen LogP contribution in [-0.2, 0) is 6.42 Å². The van der Waals surface area contributed by atoms with Gasteiger partial charge in [-0.25, -0.2) is 4.98 Å². The second-order valence-electron chi connectivity index (χ2n) is 4.53. The number of rotatable bonds is 2. The number of H-pyrrole nitrogens is 1. The van der Waals surface area contributed by atoms with E-state index in [2.05, 4.69) is 29.0 Å². The maximum atomic E-state index is 9.99. The van der Waals surface area contributed by atoms with Gasteiger partial charge in [-0.1, -0.05) is 19.1 Å². The monoisotopic (exact) mass is 253 g/mol. The van der Waals surface area contributed by atoms with E-state index in [0.29, 0.717) is 17.1 Å². The number of hydrogen-bond donors (Lipinski definition) is 3. The molecule has 4 N–H and O–H groups in total. The topological polar surface area (TPSA) is 74.9 Å². The third-order valence-electron chi connectivity index (χ3n) is 3.28. The molecule has 2 aromatic carbocycles. The van der Waals surface area contributed by atoms with E-state index in [1.165, 1.54) is 5.56 Å². The van der Waals surface area contributed by atoms with Crippen LogP contribution in [0.4, 0.5) is 5.69 Å². The molecule has 0 aliphatic heterocycles. The Kier molecular flexibility index (Phi) is 2.63. The standard InChI is InChI=1S/C15H15N3O/c1-2-9-6-7-12-13(8-9)18-15(17-12)10-4-3-5-11(16)14(10)19/h3-8,19H,2,16H2,1H3,(H,17,18). The summed E-state index contributed by atoms with van der Waals surface area (Å²) in [5.41, 5.74) is 9.78. The number of anilines is 1. The zero-order valence-electron chi connectivity index (χ0n) is 10.6. The SMILES string of the molecule is CCc1ccc2nc(-c3cccc(N)c3O)[nH]c2c1. The third-order valence-corrected chi connectivity index (χ3v) is 3.28. The van der Waals surface area contributed by atoms with Gasteiger partial charge in [-0.15, -0.1) is 0 Å². The number of benzene rings is 2. The predicted molar refractivity (Wildman–Crippen MR) is 77.0 cm³/mol. The minimum absolute atomic E-state index is 0.0669. The van der Waals surface area contributed by atoms with Gasteiger partial charge in [0, 0.05) is 0 Å². The van der Waals surface area contributed by atoms with E-state index in [1.807, 2.05) is 6.07 Å². The summed E-state index contributed by atoms with van der Waals surface area (Å²) in [6.45, 7) is 2.11. The Hall–Kier alpha value is -2.49. The van der Waals surface area contributed by atoms with E-state index in [9.17, 15) is 5.11 Å². The summed E-state index contributed by atoms with van der Waals surface area (Å²) < 4.78 is 0. The molecule has 1 aromatic heterocycles. The van der Waals surface area contributed by atoms with Crippen LogP contribution in [0.5, 0.6) is 5.75 Å². The molecule has 4 heteroatoms. The summed E-state index contributed by atoms with van der Waals surface area (Å²) in [4.78, 5) is 7.72. The van der Waals surface area contributed by atoms with Crippen LogP contribution in [0.1, 0.15) is 12.5 Å². The summed E-state index contributed by atoms with van der Waals surface area (Å²) in [5, 5.41) is 9.99. The van der Waals surface area contributed by atoms with Crippen molar-refractivity contribution in [3.8, 4) is 17.1 Å². The Morgan fingerprint density at radius 1 is 1.26 bits per heavy atom. The summed E-state index contributed by atoms with van der Waals surface area (Å²) in [6, 6.07) is 11.4. The molecule has 4 nitrogen and oxygen atoms in total. The molecule has 96 valence electrons. The smallest absolute Gasteiger partial charge is 0.149 e. The lowest BCUT2D eigenvalue weighted by Crippen LogP contribution is -1.88. The highest BCUT2D eigenvalue weighted by molar-refractivity contribution is 5.82. The number of aromatic hydroxyl groups is 1.